The zero-order chi connectivity index (χ0) is 19.8. The Balaban J connectivity index is 1.78. The van der Waals surface area contributed by atoms with Gasteiger partial charge in [0.25, 0.3) is 5.91 Å². The number of ether oxygens (including phenoxy) is 3. The second-order valence-corrected chi connectivity index (χ2v) is 6.90. The summed E-state index contributed by atoms with van der Waals surface area (Å²) in [6.07, 6.45) is -0.0262. The van der Waals surface area contributed by atoms with E-state index in [9.17, 15) is 14.4 Å². The van der Waals surface area contributed by atoms with Crippen LogP contribution in [-0.4, -0.2) is 38.5 Å². The van der Waals surface area contributed by atoms with Crippen molar-refractivity contribution in [2.24, 2.45) is 0 Å². The Morgan fingerprint density at radius 1 is 1.04 bits per heavy atom. The summed E-state index contributed by atoms with van der Waals surface area (Å²) in [6.45, 7) is 1.46. The van der Waals surface area contributed by atoms with Gasteiger partial charge in [-0.15, -0.1) is 11.3 Å². The minimum absolute atomic E-state index is 0.0483. The first-order chi connectivity index (χ1) is 12.9. The summed E-state index contributed by atoms with van der Waals surface area (Å²) in [6, 6.07) is 8.51. The molecule has 1 amide bonds. The van der Waals surface area contributed by atoms with Gasteiger partial charge in [0, 0.05) is 17.4 Å². The van der Waals surface area contributed by atoms with Crippen LogP contribution in [0.3, 0.4) is 0 Å². The van der Waals surface area contributed by atoms with Crippen molar-refractivity contribution in [1.29, 1.82) is 0 Å². The van der Waals surface area contributed by atoms with E-state index in [1.807, 2.05) is 13.0 Å². The van der Waals surface area contributed by atoms with Crippen molar-refractivity contribution in [1.82, 2.24) is 0 Å². The van der Waals surface area contributed by atoms with Crippen LogP contribution in [0.5, 0.6) is 11.5 Å². The maximum Gasteiger partial charge on any atom is 0.306 e. The highest BCUT2D eigenvalue weighted by Gasteiger charge is 2.14. The number of esters is 1. The van der Waals surface area contributed by atoms with Crippen molar-refractivity contribution in [3.8, 4) is 11.5 Å². The number of carbonyl (C=O) groups is 3. The van der Waals surface area contributed by atoms with Crippen molar-refractivity contribution < 1.29 is 28.6 Å². The molecule has 1 aromatic heterocycles. The fourth-order valence-electron chi connectivity index (χ4n) is 2.23. The number of methoxy groups -OCH3 is 2. The van der Waals surface area contributed by atoms with Crippen LogP contribution in [0.2, 0.25) is 0 Å². The van der Waals surface area contributed by atoms with Gasteiger partial charge in [0.1, 0.15) is 11.5 Å². The molecule has 8 heteroatoms. The zero-order valence-corrected chi connectivity index (χ0v) is 16.2. The standard InChI is InChI=1S/C19H21NO6S/c1-12-4-8-17(27-12)15(21)7-9-19(23)26-11-18(22)20-14-6-5-13(24-2)10-16(14)25-3/h4-6,8,10H,7,9,11H2,1-3H3,(H,20,22). The van der Waals surface area contributed by atoms with Gasteiger partial charge in [-0.25, -0.2) is 0 Å². The smallest absolute Gasteiger partial charge is 0.306 e. The van der Waals surface area contributed by atoms with Crippen LogP contribution in [0.4, 0.5) is 5.69 Å². The van der Waals surface area contributed by atoms with E-state index in [4.69, 9.17) is 14.2 Å². The van der Waals surface area contributed by atoms with Crippen LogP contribution in [0.25, 0.3) is 0 Å². The van der Waals surface area contributed by atoms with E-state index in [1.54, 1.807) is 24.3 Å². The lowest BCUT2D eigenvalue weighted by Gasteiger charge is -2.11. The molecule has 1 aromatic carbocycles. The van der Waals surface area contributed by atoms with E-state index in [2.05, 4.69) is 5.32 Å². The van der Waals surface area contributed by atoms with Gasteiger partial charge in [0.05, 0.1) is 31.2 Å². The minimum Gasteiger partial charge on any atom is -0.497 e. The SMILES string of the molecule is COc1ccc(NC(=O)COC(=O)CCC(=O)c2ccc(C)s2)c(OC)c1. The maximum atomic E-state index is 12.0. The molecule has 2 aromatic rings. The first kappa shape index (κ1) is 20.4. The van der Waals surface area contributed by atoms with Crippen LogP contribution in [0.15, 0.2) is 30.3 Å². The Labute approximate surface area is 161 Å². The van der Waals surface area contributed by atoms with Crippen molar-refractivity contribution in [2.45, 2.75) is 19.8 Å². The van der Waals surface area contributed by atoms with Gasteiger partial charge < -0.3 is 19.5 Å². The topological polar surface area (TPSA) is 90.9 Å². The number of nitrogens with one attached hydrogen (secondary N) is 1. The highest BCUT2D eigenvalue weighted by molar-refractivity contribution is 7.14. The lowest BCUT2D eigenvalue weighted by Crippen LogP contribution is -2.21. The molecule has 144 valence electrons. The van der Waals surface area contributed by atoms with Crippen molar-refractivity contribution >= 4 is 34.7 Å². The molecule has 0 atom stereocenters. The predicted octanol–water partition coefficient (Wildman–Crippen LogP) is 3.22. The summed E-state index contributed by atoms with van der Waals surface area (Å²) in [5, 5.41) is 2.60. The lowest BCUT2D eigenvalue weighted by atomic mass is 10.2. The molecule has 0 spiro atoms. The van der Waals surface area contributed by atoms with E-state index >= 15 is 0 Å². The number of amides is 1. The molecule has 0 fully saturated rings. The second kappa shape index (κ2) is 9.72. The van der Waals surface area contributed by atoms with Crippen molar-refractivity contribution in [3.05, 3.63) is 40.1 Å². The fraction of sp³-hybridized carbons (Fsp3) is 0.316. The minimum atomic E-state index is -0.603. The van der Waals surface area contributed by atoms with E-state index in [1.165, 1.54) is 25.6 Å². The number of carbonyl (C=O) groups excluding carboxylic acids is 3. The molecule has 2 rings (SSSR count). The first-order valence-electron chi connectivity index (χ1n) is 8.20. The third-order valence-corrected chi connectivity index (χ3v) is 4.66. The lowest BCUT2D eigenvalue weighted by molar-refractivity contribution is -0.147. The van der Waals surface area contributed by atoms with Gasteiger partial charge >= 0.3 is 5.97 Å². The monoisotopic (exact) mass is 391 g/mol. The molecule has 1 N–H and O–H groups in total. The normalized spacial score (nSPS) is 10.2. The molecule has 0 bridgehead atoms. The Morgan fingerprint density at radius 3 is 2.44 bits per heavy atom. The number of aryl methyl sites for hydroxylation is 1. The molecular formula is C19H21NO6S. The molecule has 27 heavy (non-hydrogen) atoms. The Hall–Kier alpha value is -2.87. The summed E-state index contributed by atoms with van der Waals surface area (Å²) in [7, 11) is 2.99. The predicted molar refractivity (Wildman–Crippen MR) is 102 cm³/mol. The van der Waals surface area contributed by atoms with Crippen LogP contribution >= 0.6 is 11.3 Å². The van der Waals surface area contributed by atoms with Gasteiger partial charge in [-0.1, -0.05) is 0 Å². The number of hydrogen-bond acceptors (Lipinski definition) is 7. The largest absolute Gasteiger partial charge is 0.497 e. The van der Waals surface area contributed by atoms with Crippen LogP contribution in [0, 0.1) is 6.92 Å². The third-order valence-electron chi connectivity index (χ3n) is 3.62. The highest BCUT2D eigenvalue weighted by atomic mass is 32.1. The quantitative estimate of drug-likeness (QED) is 0.521. The Morgan fingerprint density at radius 2 is 1.81 bits per heavy atom. The number of benzene rings is 1. The van der Waals surface area contributed by atoms with Crippen molar-refractivity contribution in [3.63, 3.8) is 0 Å². The molecule has 0 aliphatic carbocycles. The summed E-state index contributed by atoms with van der Waals surface area (Å²) in [5.41, 5.74) is 0.433. The number of rotatable bonds is 9. The number of anilines is 1. The Bertz CT molecular complexity index is 829. The highest BCUT2D eigenvalue weighted by Crippen LogP contribution is 2.28. The zero-order valence-electron chi connectivity index (χ0n) is 15.4. The first-order valence-corrected chi connectivity index (χ1v) is 9.01. The third kappa shape index (κ3) is 6.10. The van der Waals surface area contributed by atoms with Gasteiger partial charge in [0.2, 0.25) is 0 Å². The van der Waals surface area contributed by atoms with Gasteiger partial charge in [-0.3, -0.25) is 14.4 Å². The van der Waals surface area contributed by atoms with Crippen molar-refractivity contribution in [2.75, 3.05) is 26.1 Å². The summed E-state index contributed by atoms with van der Waals surface area (Å²) < 4.78 is 15.2. The molecule has 0 saturated carbocycles. The van der Waals surface area contributed by atoms with Gasteiger partial charge in [-0.2, -0.15) is 0 Å². The van der Waals surface area contributed by atoms with Crippen LogP contribution in [-0.2, 0) is 14.3 Å². The molecule has 0 radical (unpaired) electrons. The van der Waals surface area contributed by atoms with E-state index < -0.39 is 18.5 Å². The molecular weight excluding hydrogens is 370 g/mol. The molecule has 0 saturated heterocycles. The fourth-order valence-corrected chi connectivity index (χ4v) is 3.06. The number of hydrogen-bond donors (Lipinski definition) is 1. The molecule has 1 heterocycles. The maximum absolute atomic E-state index is 12.0. The molecule has 0 unspecified atom stereocenters. The van der Waals surface area contributed by atoms with E-state index in [0.29, 0.717) is 22.1 Å². The summed E-state index contributed by atoms with van der Waals surface area (Å²) in [5.74, 6) is -0.217. The summed E-state index contributed by atoms with van der Waals surface area (Å²) >= 11 is 1.39. The van der Waals surface area contributed by atoms with Crippen LogP contribution in [0.1, 0.15) is 27.4 Å². The van der Waals surface area contributed by atoms with E-state index in [-0.39, 0.29) is 18.6 Å². The van der Waals surface area contributed by atoms with Gasteiger partial charge in [-0.05, 0) is 31.2 Å². The average Bonchev–Trinajstić information content (AvgIpc) is 3.11. The number of ketones is 1. The average molecular weight is 391 g/mol. The number of Topliss-reactive ketones (excluding diaryl/α,β-unsaturated/α-hetero) is 1. The summed E-state index contributed by atoms with van der Waals surface area (Å²) in [4.78, 5) is 37.3. The molecule has 0 aliphatic rings. The Kier molecular flexibility index (Phi) is 7.36. The molecule has 7 nitrogen and oxygen atoms in total. The van der Waals surface area contributed by atoms with Crippen LogP contribution < -0.4 is 14.8 Å². The van der Waals surface area contributed by atoms with Gasteiger partial charge in [0.15, 0.2) is 12.4 Å². The molecule has 0 aliphatic heterocycles. The number of thiophene rings is 1. The van der Waals surface area contributed by atoms with E-state index in [0.717, 1.165) is 4.88 Å². The second-order valence-electron chi connectivity index (χ2n) is 5.61.